The van der Waals surface area contributed by atoms with Crippen LogP contribution in [0.3, 0.4) is 0 Å². The van der Waals surface area contributed by atoms with Crippen molar-refractivity contribution in [1.29, 1.82) is 0 Å². The van der Waals surface area contributed by atoms with E-state index in [1.807, 2.05) is 12.3 Å². The quantitative estimate of drug-likeness (QED) is 0.821. The molecular weight excluding hydrogens is 202 g/mol. The van der Waals surface area contributed by atoms with E-state index in [0.29, 0.717) is 12.3 Å². The predicted molar refractivity (Wildman–Crippen MR) is 62.3 cm³/mol. The van der Waals surface area contributed by atoms with Crippen LogP contribution in [0.1, 0.15) is 30.3 Å². The molecule has 0 bridgehead atoms. The van der Waals surface area contributed by atoms with E-state index in [1.165, 1.54) is 19.4 Å². The molecular formula is C12H19N3O. The first kappa shape index (κ1) is 11.5. The number of rotatable bonds is 3. The zero-order valence-electron chi connectivity index (χ0n) is 9.76. The number of aliphatic hydroxyl groups excluding tert-OH is 1. The average molecular weight is 221 g/mol. The molecule has 0 saturated carbocycles. The number of hydrogen-bond donors (Lipinski definition) is 1. The summed E-state index contributed by atoms with van der Waals surface area (Å²) in [5.41, 5.74) is 1.13. The van der Waals surface area contributed by atoms with Gasteiger partial charge < -0.3 is 10.0 Å². The lowest BCUT2D eigenvalue weighted by Gasteiger charge is -2.29. The topological polar surface area (TPSA) is 49.2 Å². The summed E-state index contributed by atoms with van der Waals surface area (Å²) in [7, 11) is 2.15. The Hall–Kier alpha value is -1.00. The molecule has 0 spiro atoms. The third-order valence-corrected chi connectivity index (χ3v) is 3.11. The second-order valence-electron chi connectivity index (χ2n) is 4.47. The maximum absolute atomic E-state index is 8.87. The second kappa shape index (κ2) is 5.37. The molecule has 16 heavy (non-hydrogen) atoms. The highest BCUT2D eigenvalue weighted by atomic mass is 16.3. The second-order valence-corrected chi connectivity index (χ2v) is 4.47. The van der Waals surface area contributed by atoms with Crippen molar-refractivity contribution >= 4 is 0 Å². The van der Waals surface area contributed by atoms with Crippen LogP contribution < -0.4 is 0 Å². The summed E-state index contributed by atoms with van der Waals surface area (Å²) >= 11 is 0. The van der Waals surface area contributed by atoms with E-state index in [9.17, 15) is 0 Å². The fraction of sp³-hybridized carbons (Fsp3) is 0.667. The Kier molecular flexibility index (Phi) is 3.85. The van der Waals surface area contributed by atoms with Gasteiger partial charge in [0.2, 0.25) is 0 Å². The molecule has 1 aliphatic rings. The Labute approximate surface area is 96.3 Å². The van der Waals surface area contributed by atoms with Crippen molar-refractivity contribution in [3.8, 4) is 0 Å². The highest BCUT2D eigenvalue weighted by molar-refractivity contribution is 5.10. The number of aromatic nitrogens is 2. The molecule has 2 rings (SSSR count). The van der Waals surface area contributed by atoms with Crippen LogP contribution in [0.4, 0.5) is 0 Å². The first-order valence-electron chi connectivity index (χ1n) is 5.91. The van der Waals surface area contributed by atoms with Crippen molar-refractivity contribution in [2.75, 3.05) is 26.7 Å². The minimum absolute atomic E-state index is 0.119. The van der Waals surface area contributed by atoms with Crippen LogP contribution in [0.2, 0.25) is 0 Å². The molecule has 0 aromatic carbocycles. The van der Waals surface area contributed by atoms with E-state index in [1.54, 1.807) is 0 Å². The van der Waals surface area contributed by atoms with Crippen molar-refractivity contribution in [3.05, 3.63) is 23.8 Å². The minimum Gasteiger partial charge on any atom is -0.396 e. The molecule has 88 valence electrons. The maximum atomic E-state index is 8.87. The first-order chi connectivity index (χ1) is 7.79. The normalized spacial score (nSPS) is 22.2. The number of aliphatic hydroxyl groups is 1. The Morgan fingerprint density at radius 1 is 1.56 bits per heavy atom. The molecule has 1 aromatic heterocycles. The third-order valence-electron chi connectivity index (χ3n) is 3.11. The summed E-state index contributed by atoms with van der Waals surface area (Å²) in [6.45, 7) is 2.38. The van der Waals surface area contributed by atoms with Gasteiger partial charge in [-0.1, -0.05) is 0 Å². The van der Waals surface area contributed by atoms with Gasteiger partial charge in [-0.2, -0.15) is 0 Å². The van der Waals surface area contributed by atoms with Gasteiger partial charge in [-0.15, -0.1) is 0 Å². The smallest absolute Gasteiger partial charge is 0.130 e. The molecule has 1 aliphatic heterocycles. The third kappa shape index (κ3) is 2.77. The summed E-state index contributed by atoms with van der Waals surface area (Å²) in [6.07, 6.45) is 4.80. The minimum atomic E-state index is 0.119. The summed E-state index contributed by atoms with van der Waals surface area (Å²) in [5, 5.41) is 8.87. The highest BCUT2D eigenvalue weighted by Gasteiger charge is 2.20. The lowest BCUT2D eigenvalue weighted by Crippen LogP contribution is -2.31. The molecule has 1 unspecified atom stereocenters. The van der Waals surface area contributed by atoms with E-state index in [4.69, 9.17) is 5.11 Å². The molecule has 1 fully saturated rings. The van der Waals surface area contributed by atoms with Crippen molar-refractivity contribution in [2.45, 2.75) is 25.2 Å². The Bertz CT molecular complexity index is 343. The number of nitrogens with zero attached hydrogens (tertiary/aromatic N) is 3. The molecule has 0 aliphatic carbocycles. The van der Waals surface area contributed by atoms with Gasteiger partial charge in [0.05, 0.1) is 6.61 Å². The van der Waals surface area contributed by atoms with E-state index in [0.717, 1.165) is 18.1 Å². The number of likely N-dealkylation sites (N-methyl/N-ethyl adjacent to an activating group) is 1. The lowest BCUT2D eigenvalue weighted by atomic mass is 9.95. The van der Waals surface area contributed by atoms with Crippen LogP contribution in [0.15, 0.2) is 12.3 Å². The molecule has 1 N–H and O–H groups in total. The Balaban J connectivity index is 2.09. The maximum Gasteiger partial charge on any atom is 0.130 e. The van der Waals surface area contributed by atoms with Crippen LogP contribution in [0, 0.1) is 0 Å². The largest absolute Gasteiger partial charge is 0.396 e. The summed E-state index contributed by atoms with van der Waals surface area (Å²) in [4.78, 5) is 11.0. The van der Waals surface area contributed by atoms with Crippen molar-refractivity contribution in [2.24, 2.45) is 0 Å². The average Bonchev–Trinajstić information content (AvgIpc) is 2.30. The molecule has 1 atom stereocenters. The van der Waals surface area contributed by atoms with Gasteiger partial charge in [0, 0.05) is 30.8 Å². The van der Waals surface area contributed by atoms with Crippen LogP contribution in [0.5, 0.6) is 0 Å². The fourth-order valence-corrected chi connectivity index (χ4v) is 2.27. The standard InChI is InChI=1S/C12H19N3O/c1-15-7-2-3-10(9-15)11-4-6-13-12(14-11)5-8-16/h4,6,10,16H,2-3,5,7-9H2,1H3. The SMILES string of the molecule is CN1CCCC(c2ccnc(CCO)n2)C1. The number of piperidine rings is 1. The summed E-state index contributed by atoms with van der Waals surface area (Å²) in [5.74, 6) is 1.28. The van der Waals surface area contributed by atoms with Crippen LogP contribution in [-0.4, -0.2) is 46.7 Å². The van der Waals surface area contributed by atoms with Gasteiger partial charge in [0.15, 0.2) is 0 Å². The van der Waals surface area contributed by atoms with Crippen molar-refractivity contribution < 1.29 is 5.11 Å². The Morgan fingerprint density at radius 2 is 2.44 bits per heavy atom. The molecule has 4 nitrogen and oxygen atoms in total. The number of likely N-dealkylation sites (tertiary alicyclic amines) is 1. The number of hydrogen-bond acceptors (Lipinski definition) is 4. The van der Waals surface area contributed by atoms with Crippen LogP contribution in [-0.2, 0) is 6.42 Å². The van der Waals surface area contributed by atoms with E-state index < -0.39 is 0 Å². The molecule has 0 radical (unpaired) electrons. The van der Waals surface area contributed by atoms with Gasteiger partial charge in [-0.05, 0) is 32.5 Å². The zero-order chi connectivity index (χ0) is 11.4. The summed E-state index contributed by atoms with van der Waals surface area (Å²) in [6, 6.07) is 2.00. The van der Waals surface area contributed by atoms with Gasteiger partial charge in [-0.3, -0.25) is 0 Å². The first-order valence-corrected chi connectivity index (χ1v) is 5.91. The van der Waals surface area contributed by atoms with Gasteiger partial charge in [0.1, 0.15) is 5.82 Å². The van der Waals surface area contributed by atoms with Gasteiger partial charge >= 0.3 is 0 Å². The van der Waals surface area contributed by atoms with Gasteiger partial charge in [0.25, 0.3) is 0 Å². The van der Waals surface area contributed by atoms with Crippen LogP contribution >= 0.6 is 0 Å². The summed E-state index contributed by atoms with van der Waals surface area (Å²) < 4.78 is 0. The molecule has 0 amide bonds. The zero-order valence-corrected chi connectivity index (χ0v) is 9.76. The molecule has 2 heterocycles. The highest BCUT2D eigenvalue weighted by Crippen LogP contribution is 2.24. The van der Waals surface area contributed by atoms with E-state index in [2.05, 4.69) is 21.9 Å². The molecule has 1 aromatic rings. The van der Waals surface area contributed by atoms with Crippen LogP contribution in [0.25, 0.3) is 0 Å². The van der Waals surface area contributed by atoms with E-state index in [-0.39, 0.29) is 6.61 Å². The van der Waals surface area contributed by atoms with Crippen molar-refractivity contribution in [3.63, 3.8) is 0 Å². The van der Waals surface area contributed by atoms with Crippen molar-refractivity contribution in [1.82, 2.24) is 14.9 Å². The molecule has 1 saturated heterocycles. The Morgan fingerprint density at radius 3 is 3.19 bits per heavy atom. The lowest BCUT2D eigenvalue weighted by molar-refractivity contribution is 0.248. The fourth-order valence-electron chi connectivity index (χ4n) is 2.27. The van der Waals surface area contributed by atoms with E-state index >= 15 is 0 Å². The van der Waals surface area contributed by atoms with Gasteiger partial charge in [-0.25, -0.2) is 9.97 Å². The monoisotopic (exact) mass is 221 g/mol. The molecule has 4 heteroatoms. The predicted octanol–water partition coefficient (Wildman–Crippen LogP) is 0.821.